The number of nitrogens with zero attached hydrogens (tertiary/aromatic N) is 1. The molecule has 3 rings (SSSR count). The van der Waals surface area contributed by atoms with Gasteiger partial charge < -0.3 is 15.5 Å². The molecule has 26 heavy (non-hydrogen) atoms. The number of alkyl halides is 3. The highest BCUT2D eigenvalue weighted by Crippen LogP contribution is 2.45. The summed E-state index contributed by atoms with van der Waals surface area (Å²) in [6.07, 6.45) is -3.74. The van der Waals surface area contributed by atoms with Gasteiger partial charge in [-0.3, -0.25) is 0 Å². The molecule has 0 saturated heterocycles. The quantitative estimate of drug-likeness (QED) is 0.742. The maximum atomic E-state index is 13.3. The third-order valence-corrected chi connectivity index (χ3v) is 5.10. The van der Waals surface area contributed by atoms with Crippen LogP contribution in [-0.2, 0) is 6.18 Å². The number of aromatic amines is 1. The van der Waals surface area contributed by atoms with Crippen LogP contribution >= 0.6 is 12.4 Å². The van der Waals surface area contributed by atoms with Gasteiger partial charge in [0, 0.05) is 23.8 Å². The molecule has 0 spiro atoms. The van der Waals surface area contributed by atoms with Gasteiger partial charge in [0.1, 0.15) is 0 Å². The van der Waals surface area contributed by atoms with Gasteiger partial charge in [-0.15, -0.1) is 17.5 Å². The molecule has 10 heteroatoms. The van der Waals surface area contributed by atoms with Crippen LogP contribution in [0.2, 0.25) is 0 Å². The van der Waals surface area contributed by atoms with E-state index in [1.54, 1.807) is 0 Å². The van der Waals surface area contributed by atoms with Gasteiger partial charge in [-0.25, -0.2) is 9.89 Å². The molecule has 0 radical (unpaired) electrons. The first-order chi connectivity index (χ1) is 11.6. The Morgan fingerprint density at radius 1 is 1.42 bits per heavy atom. The fraction of sp³-hybridized carbons (Fsp3) is 0.500. The van der Waals surface area contributed by atoms with Crippen molar-refractivity contribution in [2.24, 2.45) is 17.1 Å². The summed E-state index contributed by atoms with van der Waals surface area (Å²) in [5.74, 6) is -0.655. The van der Waals surface area contributed by atoms with Crippen molar-refractivity contribution >= 4 is 18.1 Å². The highest BCUT2D eigenvalue weighted by molar-refractivity contribution is 5.85. The highest BCUT2D eigenvalue weighted by atomic mass is 35.5. The van der Waals surface area contributed by atoms with E-state index in [0.29, 0.717) is 6.54 Å². The molecule has 1 aliphatic rings. The van der Waals surface area contributed by atoms with Crippen LogP contribution in [0.15, 0.2) is 27.4 Å². The smallest absolute Gasteiger partial charge is 0.388 e. The average Bonchev–Trinajstić information content (AvgIpc) is 2.96. The van der Waals surface area contributed by atoms with Crippen molar-refractivity contribution in [2.75, 3.05) is 11.9 Å². The number of nitrogens with one attached hydrogen (secondary N) is 2. The lowest BCUT2D eigenvalue weighted by molar-refractivity contribution is -0.137. The van der Waals surface area contributed by atoms with Crippen LogP contribution in [-0.4, -0.2) is 22.8 Å². The summed E-state index contributed by atoms with van der Waals surface area (Å²) < 4.78 is 44.6. The summed E-state index contributed by atoms with van der Waals surface area (Å²) in [5.41, 5.74) is 5.25. The topological polar surface area (TPSA) is 96.9 Å². The standard InChI is InChI=1S/C16H19F3N4O2.ClH/c1-15(2)9(6-12(15)20)7-21-11-5-8(13-22-23-14(24)25-13)3-4-10(11)16(17,18)19;/h3-5,9,12,21H,6-7,20H2,1-2H3,(H,23,24);1H/t9-,12-;/m1./s1. The first-order valence-electron chi connectivity index (χ1n) is 7.85. The van der Waals surface area contributed by atoms with E-state index in [-0.39, 0.29) is 46.9 Å². The number of H-pyrrole nitrogens is 1. The Morgan fingerprint density at radius 3 is 2.62 bits per heavy atom. The van der Waals surface area contributed by atoms with Crippen molar-refractivity contribution in [3.05, 3.63) is 34.3 Å². The molecule has 0 bridgehead atoms. The zero-order valence-corrected chi connectivity index (χ0v) is 15.0. The Balaban J connectivity index is 0.00000243. The minimum absolute atomic E-state index is 0. The molecule has 2 atom stereocenters. The first kappa shape index (κ1) is 20.3. The number of halogens is 4. The molecule has 1 aromatic heterocycles. The molecule has 1 saturated carbocycles. The van der Waals surface area contributed by atoms with Crippen molar-refractivity contribution in [3.8, 4) is 11.5 Å². The number of rotatable bonds is 4. The van der Waals surface area contributed by atoms with Crippen LogP contribution < -0.4 is 16.8 Å². The predicted octanol–water partition coefficient (Wildman–Crippen LogP) is 3.26. The number of anilines is 1. The Hall–Kier alpha value is -2.00. The molecule has 0 amide bonds. The Kier molecular flexibility index (Phi) is 5.44. The van der Waals surface area contributed by atoms with E-state index < -0.39 is 17.5 Å². The third kappa shape index (κ3) is 3.73. The Bertz CT molecular complexity index is 831. The van der Waals surface area contributed by atoms with Crippen LogP contribution in [0.25, 0.3) is 11.5 Å². The van der Waals surface area contributed by atoms with Crippen LogP contribution in [0, 0.1) is 11.3 Å². The number of hydrogen-bond donors (Lipinski definition) is 3. The molecule has 0 aliphatic heterocycles. The van der Waals surface area contributed by atoms with E-state index in [2.05, 4.69) is 15.5 Å². The molecule has 6 nitrogen and oxygen atoms in total. The summed E-state index contributed by atoms with van der Waals surface area (Å²) in [5, 5.41) is 8.61. The molecule has 144 valence electrons. The average molecular weight is 393 g/mol. The van der Waals surface area contributed by atoms with Crippen LogP contribution in [0.4, 0.5) is 18.9 Å². The summed E-state index contributed by atoms with van der Waals surface area (Å²) >= 11 is 0. The third-order valence-electron chi connectivity index (χ3n) is 5.10. The van der Waals surface area contributed by atoms with Crippen molar-refractivity contribution in [1.29, 1.82) is 0 Å². The molecule has 2 aromatic rings. The van der Waals surface area contributed by atoms with Crippen LogP contribution in [0.3, 0.4) is 0 Å². The summed E-state index contributed by atoms with van der Waals surface area (Å²) in [4.78, 5) is 11.0. The van der Waals surface area contributed by atoms with E-state index in [1.807, 2.05) is 13.8 Å². The SMILES string of the molecule is CC1(C)[C@@H](CNc2cc(-c3n[nH]c(=O)o3)ccc2C(F)(F)F)C[C@H]1N.Cl. The lowest BCUT2D eigenvalue weighted by atomic mass is 9.59. The van der Waals surface area contributed by atoms with Gasteiger partial charge in [0.2, 0.25) is 5.89 Å². The molecule has 4 N–H and O–H groups in total. The van der Waals surface area contributed by atoms with Gasteiger partial charge in [-0.05, 0) is 36.0 Å². The lowest BCUT2D eigenvalue weighted by Gasteiger charge is -2.50. The second-order valence-electron chi connectivity index (χ2n) is 6.92. The van der Waals surface area contributed by atoms with E-state index in [0.717, 1.165) is 12.5 Å². The summed E-state index contributed by atoms with van der Waals surface area (Å²) in [7, 11) is 0. The summed E-state index contributed by atoms with van der Waals surface area (Å²) in [6, 6.07) is 3.50. The Morgan fingerprint density at radius 2 is 2.12 bits per heavy atom. The number of hydrogen-bond acceptors (Lipinski definition) is 5. The lowest BCUT2D eigenvalue weighted by Crippen LogP contribution is -2.56. The number of aromatic nitrogens is 2. The normalized spacial score (nSPS) is 21.6. The fourth-order valence-electron chi connectivity index (χ4n) is 3.06. The predicted molar refractivity (Wildman–Crippen MR) is 93.2 cm³/mol. The zero-order chi connectivity index (χ0) is 18.4. The fourth-order valence-corrected chi connectivity index (χ4v) is 3.06. The van der Waals surface area contributed by atoms with Crippen LogP contribution in [0.5, 0.6) is 0 Å². The van der Waals surface area contributed by atoms with Gasteiger partial charge in [0.05, 0.1) is 5.56 Å². The summed E-state index contributed by atoms with van der Waals surface area (Å²) in [6.45, 7) is 4.39. The number of benzene rings is 1. The molecule has 1 aliphatic carbocycles. The van der Waals surface area contributed by atoms with Crippen molar-refractivity contribution in [2.45, 2.75) is 32.5 Å². The minimum Gasteiger partial charge on any atom is -0.388 e. The molecule has 1 fully saturated rings. The van der Waals surface area contributed by atoms with Gasteiger partial charge >= 0.3 is 11.9 Å². The minimum atomic E-state index is -4.50. The van der Waals surface area contributed by atoms with Crippen molar-refractivity contribution in [1.82, 2.24) is 10.2 Å². The van der Waals surface area contributed by atoms with Gasteiger partial charge in [-0.2, -0.15) is 13.2 Å². The highest BCUT2D eigenvalue weighted by Gasteiger charge is 2.45. The maximum Gasteiger partial charge on any atom is 0.434 e. The molecular weight excluding hydrogens is 373 g/mol. The second-order valence-corrected chi connectivity index (χ2v) is 6.92. The molecule has 1 aromatic carbocycles. The van der Waals surface area contributed by atoms with Crippen molar-refractivity contribution < 1.29 is 17.6 Å². The van der Waals surface area contributed by atoms with Crippen LogP contribution in [0.1, 0.15) is 25.8 Å². The molecule has 1 heterocycles. The van der Waals surface area contributed by atoms with E-state index in [9.17, 15) is 18.0 Å². The number of nitrogens with two attached hydrogens (primary N) is 1. The van der Waals surface area contributed by atoms with Crippen molar-refractivity contribution in [3.63, 3.8) is 0 Å². The zero-order valence-electron chi connectivity index (χ0n) is 14.2. The van der Waals surface area contributed by atoms with E-state index >= 15 is 0 Å². The molecular formula is C16H20ClF3N4O2. The largest absolute Gasteiger partial charge is 0.434 e. The van der Waals surface area contributed by atoms with Gasteiger partial charge in [-0.1, -0.05) is 13.8 Å². The van der Waals surface area contributed by atoms with E-state index in [4.69, 9.17) is 10.2 Å². The first-order valence-corrected chi connectivity index (χ1v) is 7.85. The van der Waals surface area contributed by atoms with Gasteiger partial charge in [0.25, 0.3) is 0 Å². The second kappa shape index (κ2) is 6.96. The maximum absolute atomic E-state index is 13.3. The molecule has 0 unspecified atom stereocenters. The Labute approximate surface area is 153 Å². The monoisotopic (exact) mass is 392 g/mol. The van der Waals surface area contributed by atoms with Gasteiger partial charge in [0.15, 0.2) is 0 Å². The van der Waals surface area contributed by atoms with E-state index in [1.165, 1.54) is 12.1 Å².